The molecule has 1 heterocycles. The van der Waals surface area contributed by atoms with E-state index in [9.17, 15) is 0 Å². The molecule has 0 aromatic heterocycles. The highest BCUT2D eigenvalue weighted by atomic mass is 16.5. The number of amidine groups is 1. The molecule has 1 unspecified atom stereocenters. The topological polar surface area (TPSA) is 47.6 Å². The molecule has 86 valence electrons. The largest absolute Gasteiger partial charge is 0.463 e. The summed E-state index contributed by atoms with van der Waals surface area (Å²) in [6, 6.07) is 11.1. The second kappa shape index (κ2) is 5.01. The third-order valence-corrected chi connectivity index (χ3v) is 3.05. The average molecular weight is 218 g/mol. The minimum absolute atomic E-state index is 0.227. The van der Waals surface area contributed by atoms with E-state index in [-0.39, 0.29) is 6.04 Å². The van der Waals surface area contributed by atoms with Crippen molar-refractivity contribution in [3.8, 4) is 0 Å². The first kappa shape index (κ1) is 11.0. The highest BCUT2D eigenvalue weighted by molar-refractivity contribution is 5.73. The smallest absolute Gasteiger partial charge is 0.282 e. The maximum absolute atomic E-state index is 5.51. The van der Waals surface area contributed by atoms with Crippen LogP contribution in [-0.4, -0.2) is 18.7 Å². The molecule has 1 aliphatic rings. The second-order valence-electron chi connectivity index (χ2n) is 4.18. The fourth-order valence-electron chi connectivity index (χ4n) is 2.15. The molecule has 0 bridgehead atoms. The maximum atomic E-state index is 5.51. The van der Waals surface area contributed by atoms with Crippen LogP contribution in [-0.2, 0) is 4.74 Å². The van der Waals surface area contributed by atoms with E-state index in [0.717, 1.165) is 12.8 Å². The summed E-state index contributed by atoms with van der Waals surface area (Å²) in [7, 11) is 0. The Labute approximate surface area is 96.3 Å². The van der Waals surface area contributed by atoms with Gasteiger partial charge in [0.15, 0.2) is 0 Å². The Morgan fingerprint density at radius 3 is 2.75 bits per heavy atom. The Balaban J connectivity index is 2.01. The van der Waals surface area contributed by atoms with Crippen LogP contribution >= 0.6 is 0 Å². The Morgan fingerprint density at radius 2 is 2.19 bits per heavy atom. The molecule has 0 saturated carbocycles. The molecule has 0 spiro atoms. The molecule has 3 nitrogen and oxygen atoms in total. The third-order valence-electron chi connectivity index (χ3n) is 3.05. The molecular weight excluding hydrogens is 200 g/mol. The standard InChI is InChI=1S/C13H18N2O/c1-2-10(11-6-4-3-5-7-11)8-12-9-16-13(14)15-12/h3-7,10,12H,2,8-9H2,1H3,(H2,14,15)/t10-,12?/m0/s1. The van der Waals surface area contributed by atoms with Crippen molar-refractivity contribution in [2.75, 3.05) is 6.61 Å². The lowest BCUT2D eigenvalue weighted by molar-refractivity contribution is 0.301. The summed E-state index contributed by atoms with van der Waals surface area (Å²) < 4.78 is 5.17. The van der Waals surface area contributed by atoms with Gasteiger partial charge >= 0.3 is 0 Å². The molecule has 16 heavy (non-hydrogen) atoms. The molecule has 0 fully saturated rings. The van der Waals surface area contributed by atoms with Gasteiger partial charge in [-0.3, -0.25) is 0 Å². The Hall–Kier alpha value is -1.51. The predicted molar refractivity (Wildman–Crippen MR) is 65.5 cm³/mol. The van der Waals surface area contributed by atoms with Crippen LogP contribution < -0.4 is 5.73 Å². The van der Waals surface area contributed by atoms with E-state index in [1.165, 1.54) is 5.56 Å². The van der Waals surface area contributed by atoms with Crippen LogP contribution in [0, 0.1) is 0 Å². The number of benzene rings is 1. The molecule has 1 aromatic carbocycles. The lowest BCUT2D eigenvalue weighted by Crippen LogP contribution is -2.12. The third kappa shape index (κ3) is 2.54. The fraction of sp³-hybridized carbons (Fsp3) is 0.462. The van der Waals surface area contributed by atoms with Crippen LogP contribution in [0.25, 0.3) is 0 Å². The van der Waals surface area contributed by atoms with Crippen molar-refractivity contribution in [1.29, 1.82) is 0 Å². The van der Waals surface area contributed by atoms with Gasteiger partial charge in [-0.2, -0.15) is 0 Å². The number of hydrogen-bond acceptors (Lipinski definition) is 3. The first-order chi connectivity index (χ1) is 7.79. The molecular formula is C13H18N2O. The molecule has 0 radical (unpaired) electrons. The molecule has 0 amide bonds. The van der Waals surface area contributed by atoms with E-state index in [1.807, 2.05) is 6.07 Å². The molecule has 3 heteroatoms. The summed E-state index contributed by atoms with van der Waals surface area (Å²) in [4.78, 5) is 4.27. The highest BCUT2D eigenvalue weighted by Crippen LogP contribution is 2.26. The first-order valence-electron chi connectivity index (χ1n) is 5.80. The van der Waals surface area contributed by atoms with Crippen molar-refractivity contribution in [2.45, 2.75) is 31.7 Å². The van der Waals surface area contributed by atoms with Gasteiger partial charge in [-0.15, -0.1) is 0 Å². The van der Waals surface area contributed by atoms with Crippen LogP contribution in [0.4, 0.5) is 0 Å². The van der Waals surface area contributed by atoms with Gasteiger partial charge in [0.2, 0.25) is 0 Å². The van der Waals surface area contributed by atoms with E-state index in [0.29, 0.717) is 18.5 Å². The number of aliphatic imine (C=N–C) groups is 1. The predicted octanol–water partition coefficient (Wildman–Crippen LogP) is 2.28. The van der Waals surface area contributed by atoms with E-state index in [4.69, 9.17) is 10.5 Å². The van der Waals surface area contributed by atoms with Crippen molar-refractivity contribution >= 4 is 6.02 Å². The molecule has 2 N–H and O–H groups in total. The van der Waals surface area contributed by atoms with Crippen molar-refractivity contribution in [3.05, 3.63) is 35.9 Å². The van der Waals surface area contributed by atoms with Crippen LogP contribution in [0.5, 0.6) is 0 Å². The van der Waals surface area contributed by atoms with Gasteiger partial charge < -0.3 is 10.5 Å². The Kier molecular flexibility index (Phi) is 3.44. The van der Waals surface area contributed by atoms with Crippen molar-refractivity contribution in [2.24, 2.45) is 10.7 Å². The van der Waals surface area contributed by atoms with E-state index >= 15 is 0 Å². The number of ether oxygens (including phenoxy) is 1. The SMILES string of the molecule is CC[C@@H](CC1COC(N)=N1)c1ccccc1. The minimum atomic E-state index is 0.227. The van der Waals surface area contributed by atoms with Gasteiger partial charge in [0.25, 0.3) is 6.02 Å². The van der Waals surface area contributed by atoms with Gasteiger partial charge in [0, 0.05) is 0 Å². The van der Waals surface area contributed by atoms with Crippen molar-refractivity contribution < 1.29 is 4.74 Å². The molecule has 0 saturated heterocycles. The number of rotatable bonds is 4. The van der Waals surface area contributed by atoms with Gasteiger partial charge in [-0.1, -0.05) is 37.3 Å². The van der Waals surface area contributed by atoms with Gasteiger partial charge in [-0.05, 0) is 24.3 Å². The lowest BCUT2D eigenvalue weighted by atomic mass is 9.90. The van der Waals surface area contributed by atoms with E-state index in [2.05, 4.69) is 36.2 Å². The lowest BCUT2D eigenvalue weighted by Gasteiger charge is -2.17. The quantitative estimate of drug-likeness (QED) is 0.842. The summed E-state index contributed by atoms with van der Waals surface area (Å²) in [5.41, 5.74) is 6.89. The van der Waals surface area contributed by atoms with Crippen LogP contribution in [0.3, 0.4) is 0 Å². The van der Waals surface area contributed by atoms with Crippen molar-refractivity contribution in [3.63, 3.8) is 0 Å². The summed E-state index contributed by atoms with van der Waals surface area (Å²) in [5, 5.41) is 0. The number of nitrogens with two attached hydrogens (primary N) is 1. The van der Waals surface area contributed by atoms with Crippen LogP contribution in [0.1, 0.15) is 31.2 Å². The monoisotopic (exact) mass is 218 g/mol. The Morgan fingerprint density at radius 1 is 1.44 bits per heavy atom. The van der Waals surface area contributed by atoms with Gasteiger partial charge in [0.1, 0.15) is 6.61 Å². The zero-order valence-electron chi connectivity index (χ0n) is 9.60. The van der Waals surface area contributed by atoms with E-state index < -0.39 is 0 Å². The summed E-state index contributed by atoms with van der Waals surface area (Å²) in [5.74, 6) is 0.546. The highest BCUT2D eigenvalue weighted by Gasteiger charge is 2.21. The normalized spacial score (nSPS) is 21.3. The summed E-state index contributed by atoms with van der Waals surface area (Å²) in [6.45, 7) is 2.84. The summed E-state index contributed by atoms with van der Waals surface area (Å²) in [6.07, 6.45) is 2.14. The zero-order valence-corrected chi connectivity index (χ0v) is 9.60. The van der Waals surface area contributed by atoms with Gasteiger partial charge in [0.05, 0.1) is 6.04 Å². The minimum Gasteiger partial charge on any atom is -0.463 e. The summed E-state index contributed by atoms with van der Waals surface area (Å²) >= 11 is 0. The molecule has 2 atom stereocenters. The molecule has 2 rings (SSSR count). The number of nitrogens with zero attached hydrogens (tertiary/aromatic N) is 1. The van der Waals surface area contributed by atoms with Gasteiger partial charge in [-0.25, -0.2) is 4.99 Å². The first-order valence-corrected chi connectivity index (χ1v) is 5.80. The fourth-order valence-corrected chi connectivity index (χ4v) is 2.15. The van der Waals surface area contributed by atoms with E-state index in [1.54, 1.807) is 0 Å². The maximum Gasteiger partial charge on any atom is 0.282 e. The number of hydrogen-bond donors (Lipinski definition) is 1. The van der Waals surface area contributed by atoms with Crippen LogP contribution in [0.2, 0.25) is 0 Å². The average Bonchev–Trinajstić information content (AvgIpc) is 2.73. The van der Waals surface area contributed by atoms with Crippen LogP contribution in [0.15, 0.2) is 35.3 Å². The molecule has 0 aliphatic carbocycles. The molecule has 1 aliphatic heterocycles. The van der Waals surface area contributed by atoms with Crippen molar-refractivity contribution in [1.82, 2.24) is 0 Å². The second-order valence-corrected chi connectivity index (χ2v) is 4.18. The molecule has 1 aromatic rings. The zero-order chi connectivity index (χ0) is 11.4. The Bertz CT molecular complexity index is 361.